The van der Waals surface area contributed by atoms with E-state index in [9.17, 15) is 0 Å². The lowest BCUT2D eigenvalue weighted by atomic mass is 9.94. The third-order valence-electron chi connectivity index (χ3n) is 4.36. The quantitative estimate of drug-likeness (QED) is 0.869. The SMILES string of the molecule is CC(C)N1CCC[C@H](c2cnc(-c3ccnn3C)cn2)C1. The molecule has 3 rings (SSSR count). The van der Waals surface area contributed by atoms with Gasteiger partial charge >= 0.3 is 0 Å². The van der Waals surface area contributed by atoms with Crippen LogP contribution in [0.3, 0.4) is 0 Å². The number of rotatable bonds is 3. The first-order valence-electron chi connectivity index (χ1n) is 7.69. The van der Waals surface area contributed by atoms with Crippen molar-refractivity contribution >= 4 is 0 Å². The van der Waals surface area contributed by atoms with Crippen molar-refractivity contribution in [2.75, 3.05) is 13.1 Å². The van der Waals surface area contributed by atoms with E-state index in [2.05, 4.69) is 33.8 Å². The summed E-state index contributed by atoms with van der Waals surface area (Å²) in [5.41, 5.74) is 3.00. The van der Waals surface area contributed by atoms with Crippen LogP contribution in [0.25, 0.3) is 11.4 Å². The number of piperidine rings is 1. The molecule has 5 nitrogen and oxygen atoms in total. The summed E-state index contributed by atoms with van der Waals surface area (Å²) in [6, 6.07) is 2.57. The first-order valence-corrected chi connectivity index (χ1v) is 7.69. The Morgan fingerprint density at radius 2 is 2.10 bits per heavy atom. The second kappa shape index (κ2) is 5.93. The van der Waals surface area contributed by atoms with Gasteiger partial charge in [0.1, 0.15) is 5.69 Å². The van der Waals surface area contributed by atoms with Crippen LogP contribution in [-0.2, 0) is 7.05 Å². The molecule has 0 unspecified atom stereocenters. The van der Waals surface area contributed by atoms with Gasteiger partial charge in [0.2, 0.25) is 0 Å². The zero-order chi connectivity index (χ0) is 14.8. The maximum Gasteiger partial charge on any atom is 0.107 e. The van der Waals surface area contributed by atoms with E-state index >= 15 is 0 Å². The van der Waals surface area contributed by atoms with Crippen molar-refractivity contribution in [3.8, 4) is 11.4 Å². The fourth-order valence-electron chi connectivity index (χ4n) is 3.02. The Hall–Kier alpha value is -1.75. The molecule has 21 heavy (non-hydrogen) atoms. The summed E-state index contributed by atoms with van der Waals surface area (Å²) in [5.74, 6) is 0.509. The highest BCUT2D eigenvalue weighted by Crippen LogP contribution is 2.27. The smallest absolute Gasteiger partial charge is 0.107 e. The van der Waals surface area contributed by atoms with E-state index in [0.717, 1.165) is 23.6 Å². The van der Waals surface area contributed by atoms with Crippen molar-refractivity contribution < 1.29 is 0 Å². The van der Waals surface area contributed by atoms with Crippen molar-refractivity contribution in [1.29, 1.82) is 0 Å². The highest BCUT2D eigenvalue weighted by molar-refractivity contribution is 5.52. The average Bonchev–Trinajstić information content (AvgIpc) is 2.94. The topological polar surface area (TPSA) is 46.8 Å². The van der Waals surface area contributed by atoms with Crippen molar-refractivity contribution in [3.05, 3.63) is 30.4 Å². The zero-order valence-corrected chi connectivity index (χ0v) is 13.0. The van der Waals surface area contributed by atoms with Gasteiger partial charge in [-0.1, -0.05) is 0 Å². The molecule has 0 aromatic carbocycles. The molecule has 1 aliphatic heterocycles. The van der Waals surface area contributed by atoms with Crippen LogP contribution in [0, 0.1) is 0 Å². The highest BCUT2D eigenvalue weighted by Gasteiger charge is 2.24. The van der Waals surface area contributed by atoms with Gasteiger partial charge in [-0.15, -0.1) is 0 Å². The molecule has 0 bridgehead atoms. The molecule has 0 amide bonds. The number of aryl methyl sites for hydroxylation is 1. The van der Waals surface area contributed by atoms with E-state index in [1.807, 2.05) is 30.2 Å². The monoisotopic (exact) mass is 285 g/mol. The molecule has 1 saturated heterocycles. The molecule has 1 aliphatic rings. The maximum absolute atomic E-state index is 4.66. The molecular weight excluding hydrogens is 262 g/mol. The number of nitrogens with zero attached hydrogens (tertiary/aromatic N) is 5. The van der Waals surface area contributed by atoms with Gasteiger partial charge in [0.05, 0.1) is 17.6 Å². The molecule has 0 N–H and O–H groups in total. The minimum Gasteiger partial charge on any atom is -0.300 e. The minimum absolute atomic E-state index is 0.509. The van der Waals surface area contributed by atoms with Crippen molar-refractivity contribution in [2.45, 2.75) is 38.6 Å². The third-order valence-corrected chi connectivity index (χ3v) is 4.36. The van der Waals surface area contributed by atoms with Crippen LogP contribution < -0.4 is 0 Å². The molecule has 1 atom stereocenters. The van der Waals surface area contributed by atoms with Gasteiger partial charge < -0.3 is 4.90 Å². The Kier molecular flexibility index (Phi) is 4.01. The lowest BCUT2D eigenvalue weighted by Crippen LogP contribution is -2.39. The highest BCUT2D eigenvalue weighted by atomic mass is 15.3. The molecule has 0 spiro atoms. The van der Waals surface area contributed by atoms with Gasteiger partial charge in [0.25, 0.3) is 0 Å². The van der Waals surface area contributed by atoms with Crippen LogP contribution in [0.5, 0.6) is 0 Å². The van der Waals surface area contributed by atoms with E-state index < -0.39 is 0 Å². The van der Waals surface area contributed by atoms with Gasteiger partial charge in [-0.25, -0.2) is 0 Å². The fourth-order valence-corrected chi connectivity index (χ4v) is 3.02. The third kappa shape index (κ3) is 2.97. The van der Waals surface area contributed by atoms with Crippen molar-refractivity contribution in [3.63, 3.8) is 0 Å². The summed E-state index contributed by atoms with van der Waals surface area (Å²) in [4.78, 5) is 11.8. The number of hydrogen-bond donors (Lipinski definition) is 0. The summed E-state index contributed by atoms with van der Waals surface area (Å²) < 4.78 is 1.82. The minimum atomic E-state index is 0.509. The molecule has 112 valence electrons. The molecule has 0 radical (unpaired) electrons. The second-order valence-electron chi connectivity index (χ2n) is 6.09. The number of hydrogen-bond acceptors (Lipinski definition) is 4. The van der Waals surface area contributed by atoms with E-state index in [-0.39, 0.29) is 0 Å². The summed E-state index contributed by atoms with van der Waals surface area (Å²) in [5, 5.41) is 4.18. The molecule has 5 heteroatoms. The van der Waals surface area contributed by atoms with Crippen molar-refractivity contribution in [1.82, 2.24) is 24.6 Å². The predicted molar refractivity (Wildman–Crippen MR) is 82.9 cm³/mol. The summed E-state index contributed by atoms with van der Waals surface area (Å²) in [6.45, 7) is 6.82. The number of likely N-dealkylation sites (tertiary alicyclic amines) is 1. The van der Waals surface area contributed by atoms with Gasteiger partial charge in [0.15, 0.2) is 0 Å². The van der Waals surface area contributed by atoms with Gasteiger partial charge in [0, 0.05) is 37.9 Å². The van der Waals surface area contributed by atoms with Crippen LogP contribution >= 0.6 is 0 Å². The Balaban J connectivity index is 1.76. The van der Waals surface area contributed by atoms with Crippen LogP contribution in [0.2, 0.25) is 0 Å². The largest absolute Gasteiger partial charge is 0.300 e. The number of aromatic nitrogens is 4. The van der Waals surface area contributed by atoms with Crippen LogP contribution in [-0.4, -0.2) is 43.8 Å². The average molecular weight is 285 g/mol. The summed E-state index contributed by atoms with van der Waals surface area (Å²) >= 11 is 0. The lowest BCUT2D eigenvalue weighted by molar-refractivity contribution is 0.166. The van der Waals surface area contributed by atoms with Gasteiger partial charge in [-0.05, 0) is 39.3 Å². The molecule has 3 heterocycles. The van der Waals surface area contributed by atoms with Crippen LogP contribution in [0.1, 0.15) is 38.3 Å². The normalized spacial score (nSPS) is 20.1. The van der Waals surface area contributed by atoms with Crippen LogP contribution in [0.15, 0.2) is 24.7 Å². The molecule has 2 aromatic rings. The van der Waals surface area contributed by atoms with Crippen molar-refractivity contribution in [2.24, 2.45) is 7.05 Å². The van der Waals surface area contributed by atoms with E-state index in [1.54, 1.807) is 6.20 Å². The standard InChI is InChI=1S/C16H23N5/c1-12(2)21-8-4-5-13(11-21)14-9-18-15(10-17-14)16-6-7-19-20(16)3/h6-7,9-10,12-13H,4-5,8,11H2,1-3H3/t13-/m0/s1. The second-order valence-corrected chi connectivity index (χ2v) is 6.09. The summed E-state index contributed by atoms with van der Waals surface area (Å²) in [7, 11) is 1.92. The molecule has 1 fully saturated rings. The summed E-state index contributed by atoms with van der Waals surface area (Å²) in [6.07, 6.45) is 8.06. The van der Waals surface area contributed by atoms with E-state index in [1.165, 1.54) is 19.4 Å². The van der Waals surface area contributed by atoms with Gasteiger partial charge in [-0.3, -0.25) is 14.6 Å². The molecule has 0 aliphatic carbocycles. The van der Waals surface area contributed by atoms with Crippen LogP contribution in [0.4, 0.5) is 0 Å². The predicted octanol–water partition coefficient (Wildman–Crippen LogP) is 2.46. The lowest BCUT2D eigenvalue weighted by Gasteiger charge is -2.35. The maximum atomic E-state index is 4.66. The van der Waals surface area contributed by atoms with E-state index in [0.29, 0.717) is 12.0 Å². The Morgan fingerprint density at radius 3 is 2.71 bits per heavy atom. The molecular formula is C16H23N5. The molecule has 0 saturated carbocycles. The first kappa shape index (κ1) is 14.2. The van der Waals surface area contributed by atoms with Gasteiger partial charge in [-0.2, -0.15) is 5.10 Å². The van der Waals surface area contributed by atoms with E-state index in [4.69, 9.17) is 0 Å². The molecule has 2 aromatic heterocycles. The fraction of sp³-hybridized carbons (Fsp3) is 0.562. The first-order chi connectivity index (χ1) is 10.1. The zero-order valence-electron chi connectivity index (χ0n) is 13.0. The Bertz CT molecular complexity index is 587. The Morgan fingerprint density at radius 1 is 1.24 bits per heavy atom. The Labute approximate surface area is 126 Å².